The minimum Gasteiger partial charge on any atom is -0.289 e. The maximum absolute atomic E-state index is 11.9. The van der Waals surface area contributed by atoms with Crippen LogP contribution in [0.1, 0.15) is 13.3 Å². The maximum Gasteiger partial charge on any atom is 0.352 e. The van der Waals surface area contributed by atoms with Crippen molar-refractivity contribution in [2.75, 3.05) is 12.0 Å². The molecule has 2 rings (SSSR count). The minimum atomic E-state index is -0.379. The molecule has 1 aromatic heterocycles. The van der Waals surface area contributed by atoms with Gasteiger partial charge in [0.05, 0.1) is 0 Å². The van der Waals surface area contributed by atoms with E-state index in [0.717, 1.165) is 18.5 Å². The fraction of sp³-hybridized carbons (Fsp3) is 0.308. The quantitative estimate of drug-likeness (QED) is 0.650. The first kappa shape index (κ1) is 14.5. The molecule has 0 aliphatic carbocycles. The van der Waals surface area contributed by atoms with Gasteiger partial charge in [-0.05, 0) is 18.6 Å². The molecule has 20 heavy (non-hydrogen) atoms. The predicted octanol–water partition coefficient (Wildman–Crippen LogP) is 1.82. The van der Waals surface area contributed by atoms with Crippen molar-refractivity contribution >= 4 is 17.5 Å². The van der Waals surface area contributed by atoms with Crippen molar-refractivity contribution in [1.82, 2.24) is 20.0 Å². The van der Waals surface area contributed by atoms with E-state index in [0.29, 0.717) is 10.8 Å². The highest BCUT2D eigenvalue weighted by Crippen LogP contribution is 2.20. The molecule has 0 saturated carbocycles. The van der Waals surface area contributed by atoms with E-state index in [1.807, 2.05) is 19.1 Å². The Balaban J connectivity index is 2.39. The van der Waals surface area contributed by atoms with Gasteiger partial charge in [0.1, 0.15) is 5.82 Å². The Labute approximate surface area is 121 Å². The Bertz CT molecular complexity index is 655. The number of rotatable bonds is 5. The van der Waals surface area contributed by atoms with E-state index in [2.05, 4.69) is 20.8 Å². The number of hydrogen-bond acceptors (Lipinski definition) is 5. The summed E-state index contributed by atoms with van der Waals surface area (Å²) < 4.78 is 1.39. The summed E-state index contributed by atoms with van der Waals surface area (Å²) in [5.41, 5.74) is 6.14. The smallest absolute Gasteiger partial charge is 0.289 e. The van der Waals surface area contributed by atoms with E-state index in [1.165, 1.54) is 4.57 Å². The third-order valence-corrected chi connectivity index (χ3v) is 2.91. The second-order valence-corrected chi connectivity index (χ2v) is 4.71. The van der Waals surface area contributed by atoms with Crippen molar-refractivity contribution in [3.8, 4) is 11.4 Å². The predicted molar refractivity (Wildman–Crippen MR) is 79.6 cm³/mol. The van der Waals surface area contributed by atoms with Gasteiger partial charge in [-0.3, -0.25) is 9.99 Å². The summed E-state index contributed by atoms with van der Waals surface area (Å²) in [5.74, 6) is 0.754. The highest BCUT2D eigenvalue weighted by Gasteiger charge is 2.09. The second kappa shape index (κ2) is 6.49. The molecule has 0 spiro atoms. The Kier molecular flexibility index (Phi) is 4.70. The zero-order valence-electron chi connectivity index (χ0n) is 11.4. The Hall–Kier alpha value is -1.92. The SMILES string of the molecule is CCCNNc1nc(-c2cccc(Cl)c2)n(C)c(=O)n1. The molecular weight excluding hydrogens is 278 g/mol. The van der Waals surface area contributed by atoms with Gasteiger partial charge in [-0.25, -0.2) is 10.2 Å². The van der Waals surface area contributed by atoms with Gasteiger partial charge in [0.25, 0.3) is 0 Å². The Morgan fingerprint density at radius 3 is 2.85 bits per heavy atom. The van der Waals surface area contributed by atoms with Crippen molar-refractivity contribution in [3.05, 3.63) is 39.8 Å². The van der Waals surface area contributed by atoms with E-state index >= 15 is 0 Å². The monoisotopic (exact) mass is 293 g/mol. The van der Waals surface area contributed by atoms with Gasteiger partial charge < -0.3 is 0 Å². The summed E-state index contributed by atoms with van der Waals surface area (Å²) in [6.07, 6.45) is 0.957. The van der Waals surface area contributed by atoms with Crippen LogP contribution >= 0.6 is 11.6 Å². The fourth-order valence-electron chi connectivity index (χ4n) is 1.66. The molecule has 0 aliphatic rings. The topological polar surface area (TPSA) is 71.8 Å². The van der Waals surface area contributed by atoms with Gasteiger partial charge >= 0.3 is 5.69 Å². The molecule has 0 aliphatic heterocycles. The largest absolute Gasteiger partial charge is 0.352 e. The molecule has 106 valence electrons. The molecular formula is C13H16ClN5O. The van der Waals surface area contributed by atoms with Crippen molar-refractivity contribution < 1.29 is 0 Å². The third-order valence-electron chi connectivity index (χ3n) is 2.68. The molecule has 0 unspecified atom stereocenters. The van der Waals surface area contributed by atoms with Gasteiger partial charge in [0.15, 0.2) is 0 Å². The standard InChI is InChI=1S/C13H16ClN5O/c1-3-7-15-18-12-16-11(19(2)13(20)17-12)9-5-4-6-10(14)8-9/h4-6,8,15H,3,7H2,1-2H3,(H,17,18,20). The number of anilines is 1. The number of benzene rings is 1. The first-order chi connectivity index (χ1) is 9.61. The van der Waals surface area contributed by atoms with Crippen LogP contribution < -0.4 is 16.5 Å². The number of aromatic nitrogens is 3. The van der Waals surface area contributed by atoms with Crippen molar-refractivity contribution in [2.45, 2.75) is 13.3 Å². The molecule has 0 saturated heterocycles. The molecule has 0 fully saturated rings. The number of nitrogens with zero attached hydrogens (tertiary/aromatic N) is 3. The molecule has 0 amide bonds. The zero-order chi connectivity index (χ0) is 14.5. The van der Waals surface area contributed by atoms with Gasteiger partial charge in [-0.1, -0.05) is 30.7 Å². The van der Waals surface area contributed by atoms with Crippen LogP contribution in [0.25, 0.3) is 11.4 Å². The van der Waals surface area contributed by atoms with Gasteiger partial charge in [0.2, 0.25) is 5.95 Å². The van der Waals surface area contributed by atoms with Crippen LogP contribution in [0.3, 0.4) is 0 Å². The third kappa shape index (κ3) is 3.34. The minimum absolute atomic E-state index is 0.247. The number of nitrogens with one attached hydrogen (secondary N) is 2. The summed E-state index contributed by atoms with van der Waals surface area (Å²) >= 11 is 5.97. The number of hydrazine groups is 1. The lowest BCUT2D eigenvalue weighted by molar-refractivity contribution is 0.730. The summed E-state index contributed by atoms with van der Waals surface area (Å²) in [6, 6.07) is 7.18. The van der Waals surface area contributed by atoms with Crippen molar-refractivity contribution in [3.63, 3.8) is 0 Å². The first-order valence-corrected chi connectivity index (χ1v) is 6.69. The van der Waals surface area contributed by atoms with Crippen LogP contribution in [0.2, 0.25) is 5.02 Å². The molecule has 6 nitrogen and oxygen atoms in total. The lowest BCUT2D eigenvalue weighted by Gasteiger charge is -2.10. The number of hydrogen-bond donors (Lipinski definition) is 2. The lowest BCUT2D eigenvalue weighted by Crippen LogP contribution is -2.29. The van der Waals surface area contributed by atoms with E-state index in [9.17, 15) is 4.79 Å². The Morgan fingerprint density at radius 2 is 2.15 bits per heavy atom. The van der Waals surface area contributed by atoms with E-state index in [-0.39, 0.29) is 11.6 Å². The molecule has 0 atom stereocenters. The van der Waals surface area contributed by atoms with Crippen LogP contribution in [-0.4, -0.2) is 21.1 Å². The second-order valence-electron chi connectivity index (χ2n) is 4.27. The molecule has 1 aromatic carbocycles. The molecule has 1 heterocycles. The molecule has 0 bridgehead atoms. The van der Waals surface area contributed by atoms with E-state index in [1.54, 1.807) is 19.2 Å². The number of halogens is 1. The summed E-state index contributed by atoms with van der Waals surface area (Å²) in [7, 11) is 1.63. The van der Waals surface area contributed by atoms with E-state index < -0.39 is 0 Å². The normalized spacial score (nSPS) is 10.6. The Morgan fingerprint density at radius 1 is 1.35 bits per heavy atom. The summed E-state index contributed by atoms with van der Waals surface area (Å²) in [4.78, 5) is 20.0. The first-order valence-electron chi connectivity index (χ1n) is 6.31. The maximum atomic E-state index is 11.9. The molecule has 2 N–H and O–H groups in total. The molecule has 2 aromatic rings. The fourth-order valence-corrected chi connectivity index (χ4v) is 1.86. The zero-order valence-corrected chi connectivity index (χ0v) is 12.1. The van der Waals surface area contributed by atoms with Crippen LogP contribution in [0, 0.1) is 0 Å². The van der Waals surface area contributed by atoms with Crippen LogP contribution in [-0.2, 0) is 7.05 Å². The highest BCUT2D eigenvalue weighted by molar-refractivity contribution is 6.30. The van der Waals surface area contributed by atoms with Crippen LogP contribution in [0.15, 0.2) is 29.1 Å². The van der Waals surface area contributed by atoms with Crippen molar-refractivity contribution in [1.29, 1.82) is 0 Å². The summed E-state index contributed by atoms with van der Waals surface area (Å²) in [6.45, 7) is 2.79. The van der Waals surface area contributed by atoms with Crippen LogP contribution in [0.4, 0.5) is 5.95 Å². The molecule has 7 heteroatoms. The average molecular weight is 294 g/mol. The van der Waals surface area contributed by atoms with Crippen molar-refractivity contribution in [2.24, 2.45) is 7.05 Å². The van der Waals surface area contributed by atoms with Gasteiger partial charge in [-0.15, -0.1) is 0 Å². The van der Waals surface area contributed by atoms with Gasteiger partial charge in [-0.2, -0.15) is 9.97 Å². The lowest BCUT2D eigenvalue weighted by atomic mass is 10.2. The van der Waals surface area contributed by atoms with E-state index in [4.69, 9.17) is 11.6 Å². The molecule has 0 radical (unpaired) electrons. The van der Waals surface area contributed by atoms with Crippen LogP contribution in [0.5, 0.6) is 0 Å². The summed E-state index contributed by atoms with van der Waals surface area (Å²) in [5, 5.41) is 0.590. The van der Waals surface area contributed by atoms with Gasteiger partial charge in [0, 0.05) is 24.2 Å². The average Bonchev–Trinajstić information content (AvgIpc) is 2.43. The highest BCUT2D eigenvalue weighted by atomic mass is 35.5.